The van der Waals surface area contributed by atoms with E-state index in [1.807, 2.05) is 57.4 Å². The van der Waals surface area contributed by atoms with Gasteiger partial charge >= 0.3 is 6.18 Å². The predicted octanol–water partition coefficient (Wildman–Crippen LogP) is 2.57. The van der Waals surface area contributed by atoms with Gasteiger partial charge in [-0.1, -0.05) is 36.4 Å². The number of rotatable bonds is 7. The highest BCUT2D eigenvalue weighted by Crippen LogP contribution is 2.54. The highest BCUT2D eigenvalue weighted by molar-refractivity contribution is 5.79. The van der Waals surface area contributed by atoms with Crippen molar-refractivity contribution in [3.8, 4) is 0 Å². The molecule has 0 aromatic heterocycles. The lowest BCUT2D eigenvalue weighted by Gasteiger charge is -2.71. The van der Waals surface area contributed by atoms with Crippen molar-refractivity contribution < 1.29 is 23.1 Å². The number of likely N-dealkylation sites (N-methyl/N-ethyl adjacent to an activating group) is 1. The summed E-state index contributed by atoms with van der Waals surface area (Å²) in [4.78, 5) is 17.7. The molecule has 0 unspecified atom stereocenters. The van der Waals surface area contributed by atoms with Crippen molar-refractivity contribution in [3.05, 3.63) is 41.5 Å². The van der Waals surface area contributed by atoms with Gasteiger partial charge in [0.15, 0.2) is 0 Å². The Bertz CT molecular complexity index is 771. The van der Waals surface area contributed by atoms with E-state index in [0.717, 1.165) is 11.1 Å². The van der Waals surface area contributed by atoms with Gasteiger partial charge in [0.2, 0.25) is 5.91 Å². The molecule has 2 atom stereocenters. The van der Waals surface area contributed by atoms with E-state index in [4.69, 9.17) is 0 Å². The van der Waals surface area contributed by atoms with E-state index in [-0.39, 0.29) is 37.6 Å². The minimum absolute atomic E-state index is 0.0315. The van der Waals surface area contributed by atoms with Gasteiger partial charge in [0.05, 0.1) is 25.1 Å². The normalized spacial score (nSPS) is 23.8. The largest absolute Gasteiger partial charge is 0.395 e. The van der Waals surface area contributed by atoms with Crippen molar-refractivity contribution in [3.63, 3.8) is 0 Å². The van der Waals surface area contributed by atoms with Gasteiger partial charge in [-0.05, 0) is 32.1 Å². The van der Waals surface area contributed by atoms with Crippen LogP contribution in [0.15, 0.2) is 30.3 Å². The van der Waals surface area contributed by atoms with Crippen LogP contribution in [-0.4, -0.2) is 90.4 Å². The Morgan fingerprint density at radius 1 is 1.27 bits per heavy atom. The summed E-state index contributed by atoms with van der Waals surface area (Å²) in [6.45, 7) is 2.59. The number of halogens is 3. The number of alkyl halides is 3. The summed E-state index contributed by atoms with van der Waals surface area (Å²) >= 11 is 0. The molecule has 2 fully saturated rings. The maximum Gasteiger partial charge on any atom is 0.390 e. The number of aliphatic hydroxyl groups excluding tert-OH is 1. The Morgan fingerprint density at radius 2 is 1.90 bits per heavy atom. The summed E-state index contributed by atoms with van der Waals surface area (Å²) < 4.78 is 38.7. The Hall–Kier alpha value is -1.90. The van der Waals surface area contributed by atoms with Crippen LogP contribution in [0, 0.1) is 0 Å². The van der Waals surface area contributed by atoms with Crippen LogP contribution in [0.5, 0.6) is 0 Å². The van der Waals surface area contributed by atoms with Gasteiger partial charge in [-0.15, -0.1) is 0 Å². The number of nitrogens with zero attached hydrogens (tertiary/aromatic N) is 3. The predicted molar refractivity (Wildman–Crippen MR) is 110 cm³/mol. The molecule has 1 aromatic rings. The average molecular weight is 425 g/mol. The number of allylic oxidation sites excluding steroid dienone is 1. The third-order valence-electron chi connectivity index (χ3n) is 6.15. The summed E-state index contributed by atoms with van der Waals surface area (Å²) in [5.74, 6) is -0.144. The van der Waals surface area contributed by atoms with Crippen LogP contribution in [0.25, 0.3) is 6.08 Å². The number of hydrogen-bond acceptors (Lipinski definition) is 4. The molecule has 1 spiro atoms. The molecule has 5 nitrogen and oxygen atoms in total. The zero-order valence-corrected chi connectivity index (χ0v) is 17.7. The third kappa shape index (κ3) is 4.40. The fourth-order valence-corrected chi connectivity index (χ4v) is 4.88. The van der Waals surface area contributed by atoms with Gasteiger partial charge in [0.25, 0.3) is 0 Å². The standard InChI is InChI=1S/C22H30F3N3O2/c1-4-5-16-6-8-17(9-7-16)20-18(13-29)28(11-10-22(23,24)25)21(20)14-27(15-21)19(30)12-26(2)3/h4-9,18,20,29H,10-15H2,1-3H3/b5-4+/t18-,20+/m0/s1. The topological polar surface area (TPSA) is 47.0 Å². The SMILES string of the molecule is C/C=C/c1ccc([C@@H]2[C@H](CO)N(CCC(F)(F)F)C23CN(C(=O)CN(C)C)C3)cc1. The van der Waals surface area contributed by atoms with E-state index in [2.05, 4.69) is 0 Å². The Balaban J connectivity index is 1.83. The number of carbonyl (C=O) groups excluding carboxylic acids is 1. The minimum atomic E-state index is -4.26. The molecule has 2 aliphatic heterocycles. The average Bonchev–Trinajstić information content (AvgIpc) is 2.60. The Labute approximate surface area is 175 Å². The molecule has 2 heterocycles. The van der Waals surface area contributed by atoms with E-state index in [1.54, 1.807) is 14.7 Å². The van der Waals surface area contributed by atoms with E-state index in [1.165, 1.54) is 0 Å². The quantitative estimate of drug-likeness (QED) is 0.730. The molecular weight excluding hydrogens is 395 g/mol. The van der Waals surface area contributed by atoms with Gasteiger partial charge in [0, 0.05) is 31.6 Å². The van der Waals surface area contributed by atoms with E-state index >= 15 is 0 Å². The van der Waals surface area contributed by atoms with Crippen LogP contribution >= 0.6 is 0 Å². The number of likely N-dealkylation sites (tertiary alicyclic amines) is 2. The first-order valence-corrected chi connectivity index (χ1v) is 10.2. The number of benzene rings is 1. The van der Waals surface area contributed by atoms with E-state index in [0.29, 0.717) is 13.1 Å². The lowest BCUT2D eigenvalue weighted by molar-refractivity contribution is -0.210. The summed E-state index contributed by atoms with van der Waals surface area (Å²) in [6, 6.07) is 7.53. The molecule has 166 valence electrons. The second-order valence-corrected chi connectivity index (χ2v) is 8.54. The molecule has 30 heavy (non-hydrogen) atoms. The molecule has 0 radical (unpaired) electrons. The van der Waals surface area contributed by atoms with Crippen LogP contribution in [-0.2, 0) is 4.79 Å². The highest BCUT2D eigenvalue weighted by Gasteiger charge is 2.66. The smallest absolute Gasteiger partial charge is 0.390 e. The van der Waals surface area contributed by atoms with Crippen LogP contribution in [0.2, 0.25) is 0 Å². The van der Waals surface area contributed by atoms with Gasteiger partial charge in [-0.2, -0.15) is 13.2 Å². The van der Waals surface area contributed by atoms with Crippen molar-refractivity contribution in [2.24, 2.45) is 0 Å². The second-order valence-electron chi connectivity index (χ2n) is 8.54. The Kier molecular flexibility index (Phi) is 6.60. The molecule has 0 saturated carbocycles. The maximum atomic E-state index is 12.9. The van der Waals surface area contributed by atoms with Crippen LogP contribution in [0.3, 0.4) is 0 Å². The summed E-state index contributed by atoms with van der Waals surface area (Å²) in [7, 11) is 3.62. The monoisotopic (exact) mass is 425 g/mol. The third-order valence-corrected chi connectivity index (χ3v) is 6.15. The van der Waals surface area contributed by atoms with E-state index < -0.39 is 18.1 Å². The summed E-state index contributed by atoms with van der Waals surface area (Å²) in [5.41, 5.74) is 1.48. The lowest BCUT2D eigenvalue weighted by Crippen LogP contribution is -2.85. The van der Waals surface area contributed by atoms with E-state index in [9.17, 15) is 23.1 Å². The molecule has 1 N–H and O–H groups in total. The van der Waals surface area contributed by atoms with Crippen molar-refractivity contribution in [1.82, 2.24) is 14.7 Å². The molecule has 8 heteroatoms. The number of hydrogen-bond donors (Lipinski definition) is 1. The lowest BCUT2D eigenvalue weighted by atomic mass is 9.60. The van der Waals surface area contributed by atoms with Crippen LogP contribution in [0.4, 0.5) is 13.2 Å². The van der Waals surface area contributed by atoms with Gasteiger partial charge in [0.1, 0.15) is 0 Å². The molecule has 2 saturated heterocycles. The van der Waals surface area contributed by atoms with Crippen molar-refractivity contribution in [2.45, 2.75) is 37.0 Å². The first-order chi connectivity index (χ1) is 14.1. The molecule has 1 aromatic carbocycles. The van der Waals surface area contributed by atoms with Crippen LogP contribution in [0.1, 0.15) is 30.4 Å². The molecular formula is C22H30F3N3O2. The maximum absolute atomic E-state index is 12.9. The highest BCUT2D eigenvalue weighted by atomic mass is 19.4. The number of amides is 1. The van der Waals surface area contributed by atoms with Gasteiger partial charge in [-0.3, -0.25) is 9.69 Å². The number of carbonyl (C=O) groups is 1. The van der Waals surface area contributed by atoms with Crippen molar-refractivity contribution >= 4 is 12.0 Å². The summed E-state index contributed by atoms with van der Waals surface area (Å²) in [6.07, 6.45) is -1.27. The first-order valence-electron chi connectivity index (χ1n) is 10.2. The molecule has 2 aliphatic rings. The minimum Gasteiger partial charge on any atom is -0.395 e. The zero-order chi connectivity index (χ0) is 22.1. The molecule has 0 aliphatic carbocycles. The van der Waals surface area contributed by atoms with Gasteiger partial charge in [-0.25, -0.2) is 0 Å². The zero-order valence-electron chi connectivity index (χ0n) is 17.7. The molecule has 1 amide bonds. The number of aliphatic hydroxyl groups is 1. The fraction of sp³-hybridized carbons (Fsp3) is 0.591. The summed E-state index contributed by atoms with van der Waals surface area (Å²) in [5, 5.41) is 9.98. The molecule has 0 bridgehead atoms. The molecule has 3 rings (SSSR count). The van der Waals surface area contributed by atoms with Crippen molar-refractivity contribution in [2.75, 3.05) is 46.9 Å². The Morgan fingerprint density at radius 3 is 2.40 bits per heavy atom. The van der Waals surface area contributed by atoms with Crippen LogP contribution < -0.4 is 0 Å². The van der Waals surface area contributed by atoms with Gasteiger partial charge < -0.3 is 14.9 Å². The van der Waals surface area contributed by atoms with Crippen molar-refractivity contribution in [1.29, 1.82) is 0 Å². The second kappa shape index (κ2) is 8.69. The first kappa shape index (κ1) is 22.8. The fourth-order valence-electron chi connectivity index (χ4n) is 4.88.